The van der Waals surface area contributed by atoms with E-state index in [1.165, 1.54) is 12.1 Å². The molecule has 1 N–H and O–H groups in total. The molecule has 0 aliphatic carbocycles. The van der Waals surface area contributed by atoms with Crippen molar-refractivity contribution in [1.82, 2.24) is 10.2 Å². The maximum Gasteiger partial charge on any atom is 0.255 e. The van der Waals surface area contributed by atoms with E-state index >= 15 is 0 Å². The van der Waals surface area contributed by atoms with Gasteiger partial charge in [-0.25, -0.2) is 8.78 Å². The fourth-order valence-electron chi connectivity index (χ4n) is 1.99. The smallest absolute Gasteiger partial charge is 0.255 e. The molecule has 0 atom stereocenters. The molecule has 0 spiro atoms. The quantitative estimate of drug-likeness (QED) is 0.718. The molecule has 3 rings (SSSR count). The van der Waals surface area contributed by atoms with E-state index in [-0.39, 0.29) is 10.7 Å². The Kier molecular flexibility index (Phi) is 4.26. The fraction of sp³-hybridized carbons (Fsp3) is 0.0625. The Morgan fingerprint density at radius 2 is 1.79 bits per heavy atom. The minimum Gasteiger partial charge on any atom is -0.421 e. The van der Waals surface area contributed by atoms with Gasteiger partial charge in [-0.05, 0) is 30.3 Å². The average Bonchev–Trinajstić information content (AvgIpc) is 2.99. The average molecular weight is 350 g/mol. The molecule has 0 radical (unpaired) electrons. The van der Waals surface area contributed by atoms with E-state index in [0.29, 0.717) is 22.9 Å². The van der Waals surface area contributed by atoms with Crippen LogP contribution in [0.15, 0.2) is 40.8 Å². The highest BCUT2D eigenvalue weighted by Gasteiger charge is 2.13. The van der Waals surface area contributed by atoms with Crippen molar-refractivity contribution in [3.63, 3.8) is 0 Å². The number of amides is 1. The molecule has 122 valence electrons. The first-order valence-corrected chi connectivity index (χ1v) is 7.18. The first-order chi connectivity index (χ1) is 11.4. The summed E-state index contributed by atoms with van der Waals surface area (Å²) in [5.74, 6) is -1.94. The van der Waals surface area contributed by atoms with Gasteiger partial charge in [0.2, 0.25) is 11.8 Å². The number of aromatic nitrogens is 2. The predicted molar refractivity (Wildman–Crippen MR) is 83.8 cm³/mol. The number of hydrogen-bond donors (Lipinski definition) is 1. The van der Waals surface area contributed by atoms with Gasteiger partial charge in [-0.3, -0.25) is 4.79 Å². The second-order valence-electron chi connectivity index (χ2n) is 4.90. The van der Waals surface area contributed by atoms with Crippen molar-refractivity contribution in [3.05, 3.63) is 64.5 Å². The Labute approximate surface area is 140 Å². The van der Waals surface area contributed by atoms with Gasteiger partial charge in [0.05, 0.1) is 10.7 Å². The summed E-state index contributed by atoms with van der Waals surface area (Å²) in [6, 6.07) is 7.97. The summed E-state index contributed by atoms with van der Waals surface area (Å²) >= 11 is 5.79. The van der Waals surface area contributed by atoms with Crippen molar-refractivity contribution in [2.75, 3.05) is 5.32 Å². The SMILES string of the molecule is Cc1nnc(-c2ccc(C(=O)Nc3cc(F)c(F)cc3Cl)cc2)o1. The van der Waals surface area contributed by atoms with Gasteiger partial charge >= 0.3 is 0 Å². The fourth-order valence-corrected chi connectivity index (χ4v) is 2.19. The van der Waals surface area contributed by atoms with Crippen molar-refractivity contribution >= 4 is 23.2 Å². The minimum absolute atomic E-state index is 0.0165. The highest BCUT2D eigenvalue weighted by Crippen LogP contribution is 2.25. The van der Waals surface area contributed by atoms with E-state index < -0.39 is 17.5 Å². The van der Waals surface area contributed by atoms with Gasteiger partial charge in [0.15, 0.2) is 11.6 Å². The lowest BCUT2D eigenvalue weighted by atomic mass is 10.1. The van der Waals surface area contributed by atoms with Crippen LogP contribution in [0, 0.1) is 18.6 Å². The van der Waals surface area contributed by atoms with Crippen molar-refractivity contribution < 1.29 is 18.0 Å². The number of carbonyl (C=O) groups excluding carboxylic acids is 1. The number of aryl methyl sites for hydroxylation is 1. The number of benzene rings is 2. The summed E-state index contributed by atoms with van der Waals surface area (Å²) in [6.07, 6.45) is 0. The molecule has 1 aromatic heterocycles. The monoisotopic (exact) mass is 349 g/mol. The number of halogens is 3. The first kappa shape index (κ1) is 16.1. The van der Waals surface area contributed by atoms with Crippen molar-refractivity contribution in [2.45, 2.75) is 6.92 Å². The summed E-state index contributed by atoms with van der Waals surface area (Å²) in [5, 5.41) is 9.93. The Morgan fingerprint density at radius 3 is 2.42 bits per heavy atom. The van der Waals surface area contributed by atoms with E-state index in [1.807, 2.05) is 0 Å². The zero-order chi connectivity index (χ0) is 17.3. The second-order valence-corrected chi connectivity index (χ2v) is 5.31. The molecule has 0 aliphatic rings. The van der Waals surface area contributed by atoms with E-state index in [1.54, 1.807) is 19.1 Å². The molecule has 1 heterocycles. The summed E-state index contributed by atoms with van der Waals surface area (Å²) in [5.41, 5.74) is 0.936. The van der Waals surface area contributed by atoms with Gasteiger partial charge in [-0.15, -0.1) is 10.2 Å². The van der Waals surface area contributed by atoms with Crippen molar-refractivity contribution in [1.29, 1.82) is 0 Å². The third kappa shape index (κ3) is 3.26. The highest BCUT2D eigenvalue weighted by molar-refractivity contribution is 6.33. The Hall–Kier alpha value is -2.80. The Morgan fingerprint density at radius 1 is 1.12 bits per heavy atom. The van der Waals surface area contributed by atoms with Crippen LogP contribution in [0.3, 0.4) is 0 Å². The van der Waals surface area contributed by atoms with Gasteiger partial charge in [-0.2, -0.15) is 0 Å². The molecule has 0 bridgehead atoms. The van der Waals surface area contributed by atoms with Crippen LogP contribution in [-0.4, -0.2) is 16.1 Å². The molecule has 1 amide bonds. The molecule has 0 unspecified atom stereocenters. The van der Waals surface area contributed by atoms with Crippen LogP contribution in [0.1, 0.15) is 16.2 Å². The van der Waals surface area contributed by atoms with Crippen LogP contribution in [0.25, 0.3) is 11.5 Å². The molecule has 0 saturated heterocycles. The molecule has 24 heavy (non-hydrogen) atoms. The molecule has 3 aromatic rings. The summed E-state index contributed by atoms with van der Waals surface area (Å²) in [6.45, 7) is 1.67. The maximum atomic E-state index is 13.2. The van der Waals surface area contributed by atoms with E-state index in [9.17, 15) is 13.6 Å². The maximum absolute atomic E-state index is 13.2. The van der Waals surface area contributed by atoms with Crippen LogP contribution in [0.5, 0.6) is 0 Å². The number of anilines is 1. The Balaban J connectivity index is 1.79. The number of nitrogens with zero attached hydrogens (tertiary/aromatic N) is 2. The lowest BCUT2D eigenvalue weighted by molar-refractivity contribution is 0.102. The van der Waals surface area contributed by atoms with Gasteiger partial charge in [0, 0.05) is 24.1 Å². The predicted octanol–water partition coefficient (Wildman–Crippen LogP) is 4.23. The molecule has 0 saturated carbocycles. The first-order valence-electron chi connectivity index (χ1n) is 6.80. The largest absolute Gasteiger partial charge is 0.421 e. The minimum atomic E-state index is -1.10. The summed E-state index contributed by atoms with van der Waals surface area (Å²) in [4.78, 5) is 12.2. The summed E-state index contributed by atoms with van der Waals surface area (Å²) < 4.78 is 31.6. The van der Waals surface area contributed by atoms with Gasteiger partial charge in [0.1, 0.15) is 0 Å². The van der Waals surface area contributed by atoms with Crippen molar-refractivity contribution in [2.24, 2.45) is 0 Å². The van der Waals surface area contributed by atoms with Crippen LogP contribution in [-0.2, 0) is 0 Å². The highest BCUT2D eigenvalue weighted by atomic mass is 35.5. The standard InChI is InChI=1S/C16H10ClF2N3O2/c1-8-21-22-16(24-8)10-4-2-9(3-5-10)15(23)20-14-7-13(19)12(18)6-11(14)17/h2-7H,1H3,(H,20,23). The topological polar surface area (TPSA) is 68.0 Å². The zero-order valence-electron chi connectivity index (χ0n) is 12.3. The molecule has 8 heteroatoms. The Bertz CT molecular complexity index is 910. The van der Waals surface area contributed by atoms with E-state index in [2.05, 4.69) is 15.5 Å². The molecule has 5 nitrogen and oxygen atoms in total. The third-order valence-electron chi connectivity index (χ3n) is 3.18. The molecular formula is C16H10ClF2N3O2. The molecule has 0 aliphatic heterocycles. The van der Waals surface area contributed by atoms with Gasteiger partial charge in [-0.1, -0.05) is 11.6 Å². The number of carbonyl (C=O) groups is 1. The number of rotatable bonds is 3. The lowest BCUT2D eigenvalue weighted by Crippen LogP contribution is -2.12. The van der Waals surface area contributed by atoms with Gasteiger partial charge < -0.3 is 9.73 Å². The van der Waals surface area contributed by atoms with E-state index in [0.717, 1.165) is 12.1 Å². The molecular weight excluding hydrogens is 340 g/mol. The molecule has 0 fully saturated rings. The lowest BCUT2D eigenvalue weighted by Gasteiger charge is -2.08. The van der Waals surface area contributed by atoms with Crippen LogP contribution < -0.4 is 5.32 Å². The van der Waals surface area contributed by atoms with Crippen LogP contribution in [0.2, 0.25) is 5.02 Å². The number of hydrogen-bond acceptors (Lipinski definition) is 4. The van der Waals surface area contributed by atoms with E-state index in [4.69, 9.17) is 16.0 Å². The number of nitrogens with one attached hydrogen (secondary N) is 1. The van der Waals surface area contributed by atoms with Crippen molar-refractivity contribution in [3.8, 4) is 11.5 Å². The van der Waals surface area contributed by atoms with Gasteiger partial charge in [0.25, 0.3) is 5.91 Å². The van der Waals surface area contributed by atoms with Crippen LogP contribution >= 0.6 is 11.6 Å². The summed E-state index contributed by atoms with van der Waals surface area (Å²) in [7, 11) is 0. The normalized spacial score (nSPS) is 10.7. The van der Waals surface area contributed by atoms with Crippen LogP contribution in [0.4, 0.5) is 14.5 Å². The zero-order valence-corrected chi connectivity index (χ0v) is 13.1. The molecule has 2 aromatic carbocycles. The second kappa shape index (κ2) is 6.37. The third-order valence-corrected chi connectivity index (χ3v) is 3.49.